The van der Waals surface area contributed by atoms with Crippen molar-refractivity contribution < 1.29 is 33.0 Å². The number of aromatic hydroxyl groups is 1. The third-order valence-corrected chi connectivity index (χ3v) is 7.34. The van der Waals surface area contributed by atoms with Gasteiger partial charge in [-0.3, -0.25) is 14.5 Å². The fourth-order valence-corrected chi connectivity index (χ4v) is 5.38. The molecule has 1 atom stereocenters. The molecule has 3 aromatic carbocycles. The molecule has 4 aromatic rings. The van der Waals surface area contributed by atoms with Crippen molar-refractivity contribution in [2.24, 2.45) is 0 Å². The minimum absolute atomic E-state index is 0.0386. The zero-order chi connectivity index (χ0) is 27.2. The molecule has 0 fully saturated rings. The average molecular weight is 537 g/mol. The van der Waals surface area contributed by atoms with Crippen LogP contribution in [0.3, 0.4) is 0 Å². The first kappa shape index (κ1) is 25.2. The lowest BCUT2D eigenvalue weighted by molar-refractivity contribution is -0.137. The molecule has 1 aliphatic rings. The second-order valence-corrected chi connectivity index (χ2v) is 9.61. The number of hydrogen-bond donors (Lipinski definition) is 2. The highest BCUT2D eigenvalue weighted by Crippen LogP contribution is 2.44. The lowest BCUT2D eigenvalue weighted by atomic mass is 9.94. The first-order valence-electron chi connectivity index (χ1n) is 11.4. The van der Waals surface area contributed by atoms with E-state index in [1.165, 1.54) is 18.2 Å². The van der Waals surface area contributed by atoms with Gasteiger partial charge in [-0.2, -0.15) is 13.2 Å². The van der Waals surface area contributed by atoms with E-state index in [2.05, 4.69) is 4.98 Å². The number of rotatable bonds is 5. The van der Waals surface area contributed by atoms with Gasteiger partial charge >= 0.3 is 6.18 Å². The first-order chi connectivity index (χ1) is 18.1. The highest BCUT2D eigenvalue weighted by atomic mass is 32.1. The van der Waals surface area contributed by atoms with Crippen LogP contribution in [0, 0.1) is 6.92 Å². The third-order valence-electron chi connectivity index (χ3n) is 6.14. The van der Waals surface area contributed by atoms with E-state index >= 15 is 0 Å². The predicted octanol–water partition coefficient (Wildman–Crippen LogP) is 6.63. The molecule has 2 N–H and O–H groups in total. The molecule has 1 unspecified atom stereocenters. The average Bonchev–Trinajstić information content (AvgIpc) is 3.41. The van der Waals surface area contributed by atoms with Crippen LogP contribution in [-0.4, -0.2) is 26.9 Å². The number of carbonyl (C=O) groups excluding carboxylic acids is 2. The molecule has 0 bridgehead atoms. The monoisotopic (exact) mass is 536 g/mol. The van der Waals surface area contributed by atoms with Gasteiger partial charge in [0.05, 0.1) is 27.7 Å². The Kier molecular flexibility index (Phi) is 6.28. The molecule has 38 heavy (non-hydrogen) atoms. The van der Waals surface area contributed by atoms with Gasteiger partial charge in [-0.15, -0.1) is 11.3 Å². The van der Waals surface area contributed by atoms with Gasteiger partial charge < -0.3 is 10.2 Å². The molecule has 1 amide bonds. The molecule has 6 nitrogen and oxygen atoms in total. The molecular formula is C28H19F3N2O4S. The lowest BCUT2D eigenvalue weighted by Crippen LogP contribution is -2.31. The zero-order valence-corrected chi connectivity index (χ0v) is 20.5. The molecule has 5 rings (SSSR count). The van der Waals surface area contributed by atoms with Gasteiger partial charge in [0, 0.05) is 11.3 Å². The van der Waals surface area contributed by atoms with Crippen LogP contribution in [0.4, 0.5) is 18.9 Å². The number of Topliss-reactive ketones (excluding diaryl/α,β-unsaturated/α-hetero) is 1. The van der Waals surface area contributed by atoms with Crippen molar-refractivity contribution in [3.63, 3.8) is 0 Å². The normalized spacial score (nSPS) is 15.8. The van der Waals surface area contributed by atoms with Gasteiger partial charge in [-0.05, 0) is 48.9 Å². The number of nitrogens with zero attached hydrogens (tertiary/aromatic N) is 2. The number of aliphatic hydroxyl groups excluding tert-OH is 1. The van der Waals surface area contributed by atoms with Gasteiger partial charge in [-0.25, -0.2) is 4.98 Å². The predicted molar refractivity (Wildman–Crippen MR) is 136 cm³/mol. The maximum Gasteiger partial charge on any atom is 0.416 e. The summed E-state index contributed by atoms with van der Waals surface area (Å²) in [4.78, 5) is 32.9. The van der Waals surface area contributed by atoms with Crippen LogP contribution >= 0.6 is 11.3 Å². The Morgan fingerprint density at radius 3 is 2.29 bits per heavy atom. The van der Waals surface area contributed by atoms with E-state index in [1.54, 1.807) is 13.0 Å². The van der Waals surface area contributed by atoms with Crippen LogP contribution in [0.25, 0.3) is 10.6 Å². The van der Waals surface area contributed by atoms with Gasteiger partial charge in [0.2, 0.25) is 5.78 Å². The number of phenolic OH excluding ortho intramolecular Hbond substituents is 1. The van der Waals surface area contributed by atoms with E-state index in [-0.39, 0.29) is 27.5 Å². The van der Waals surface area contributed by atoms with Crippen molar-refractivity contribution in [3.05, 3.63) is 112 Å². The molecule has 2 heterocycles. The van der Waals surface area contributed by atoms with E-state index < -0.39 is 35.2 Å². The molecule has 0 saturated carbocycles. The van der Waals surface area contributed by atoms with Crippen molar-refractivity contribution >= 4 is 28.7 Å². The summed E-state index contributed by atoms with van der Waals surface area (Å²) in [5.41, 5.74) is 0.342. The van der Waals surface area contributed by atoms with E-state index in [0.29, 0.717) is 10.7 Å². The Morgan fingerprint density at radius 1 is 0.974 bits per heavy atom. The van der Waals surface area contributed by atoms with Crippen LogP contribution in [0.15, 0.2) is 90.2 Å². The van der Waals surface area contributed by atoms with Crippen LogP contribution in [0.2, 0.25) is 0 Å². The molecule has 0 spiro atoms. The quantitative estimate of drug-likeness (QED) is 0.280. The van der Waals surface area contributed by atoms with Crippen LogP contribution < -0.4 is 4.90 Å². The van der Waals surface area contributed by atoms with E-state index in [9.17, 15) is 33.0 Å². The standard InChI is InChI=1S/C28H19F3N2O4S/c1-15-25(38-26(32-15)16-6-3-2-4-7-16)23(35)21-22(17-8-5-9-20(34)14-17)33(27(37)24(21)36)19-12-10-18(11-13-19)28(29,30)31/h2-14,22,34,36H,1H3. The van der Waals surface area contributed by atoms with E-state index in [1.807, 2.05) is 30.3 Å². The minimum Gasteiger partial charge on any atom is -0.508 e. The molecule has 0 radical (unpaired) electrons. The molecule has 10 heteroatoms. The highest BCUT2D eigenvalue weighted by Gasteiger charge is 2.45. The number of amides is 1. The van der Waals surface area contributed by atoms with Crippen molar-refractivity contribution in [1.29, 1.82) is 0 Å². The fourth-order valence-electron chi connectivity index (χ4n) is 4.36. The summed E-state index contributed by atoms with van der Waals surface area (Å²) in [6, 6.07) is 17.6. The highest BCUT2D eigenvalue weighted by molar-refractivity contribution is 7.17. The van der Waals surface area contributed by atoms with Gasteiger partial charge in [-0.1, -0.05) is 42.5 Å². The second kappa shape index (κ2) is 9.46. The summed E-state index contributed by atoms with van der Waals surface area (Å²) in [6.45, 7) is 1.64. The molecule has 0 saturated heterocycles. The van der Waals surface area contributed by atoms with Gasteiger partial charge in [0.15, 0.2) is 5.76 Å². The number of aryl methyl sites for hydroxylation is 1. The number of benzene rings is 3. The smallest absolute Gasteiger partial charge is 0.416 e. The number of aliphatic hydroxyl groups is 1. The number of aromatic nitrogens is 1. The zero-order valence-electron chi connectivity index (χ0n) is 19.7. The lowest BCUT2D eigenvalue weighted by Gasteiger charge is -2.27. The Hall–Kier alpha value is -4.44. The summed E-state index contributed by atoms with van der Waals surface area (Å²) in [5.74, 6) is -2.57. The Balaban J connectivity index is 1.62. The number of carbonyl (C=O) groups is 2. The number of halogens is 3. The van der Waals surface area contributed by atoms with Crippen molar-refractivity contribution in [1.82, 2.24) is 4.98 Å². The van der Waals surface area contributed by atoms with Crippen LogP contribution in [0.5, 0.6) is 5.75 Å². The molecule has 192 valence electrons. The maximum absolute atomic E-state index is 13.9. The largest absolute Gasteiger partial charge is 0.508 e. The third kappa shape index (κ3) is 4.43. The number of ketones is 1. The Morgan fingerprint density at radius 2 is 1.66 bits per heavy atom. The fraction of sp³-hybridized carbons (Fsp3) is 0.107. The summed E-state index contributed by atoms with van der Waals surface area (Å²) >= 11 is 1.10. The second-order valence-electron chi connectivity index (χ2n) is 8.61. The molecule has 1 aliphatic heterocycles. The van der Waals surface area contributed by atoms with Gasteiger partial charge in [0.1, 0.15) is 10.8 Å². The topological polar surface area (TPSA) is 90.7 Å². The first-order valence-corrected chi connectivity index (χ1v) is 12.2. The number of alkyl halides is 3. The van der Waals surface area contributed by atoms with Crippen molar-refractivity contribution in [2.45, 2.75) is 19.1 Å². The summed E-state index contributed by atoms with van der Waals surface area (Å²) < 4.78 is 39.4. The van der Waals surface area contributed by atoms with E-state index in [0.717, 1.165) is 46.1 Å². The Bertz CT molecular complexity index is 1580. The summed E-state index contributed by atoms with van der Waals surface area (Å²) in [6.07, 6.45) is -4.58. The molecule has 0 aliphatic carbocycles. The maximum atomic E-state index is 13.9. The minimum atomic E-state index is -4.58. The van der Waals surface area contributed by atoms with Crippen molar-refractivity contribution in [2.75, 3.05) is 4.90 Å². The Labute approximate surface area is 218 Å². The van der Waals surface area contributed by atoms with Crippen molar-refractivity contribution in [3.8, 4) is 16.3 Å². The van der Waals surface area contributed by atoms with Crippen LogP contribution in [0.1, 0.15) is 32.5 Å². The SMILES string of the molecule is Cc1nc(-c2ccccc2)sc1C(=O)C1=C(O)C(=O)N(c2ccc(C(F)(F)F)cc2)C1c1cccc(O)c1. The summed E-state index contributed by atoms with van der Waals surface area (Å²) in [5, 5.41) is 21.6. The number of thiazole rings is 1. The van der Waals surface area contributed by atoms with E-state index in [4.69, 9.17) is 0 Å². The van der Waals surface area contributed by atoms with Crippen LogP contribution in [-0.2, 0) is 11.0 Å². The molecule has 1 aromatic heterocycles. The number of hydrogen-bond acceptors (Lipinski definition) is 6. The molecular weight excluding hydrogens is 517 g/mol. The summed E-state index contributed by atoms with van der Waals surface area (Å²) in [7, 11) is 0. The van der Waals surface area contributed by atoms with Gasteiger partial charge in [0.25, 0.3) is 5.91 Å². The number of phenols is 1. The number of anilines is 1.